The average Bonchev–Trinajstić information content (AvgIpc) is 3.12. The summed E-state index contributed by atoms with van der Waals surface area (Å²) in [4.78, 5) is 12.1. The zero-order valence-corrected chi connectivity index (χ0v) is 18.4. The van der Waals surface area contributed by atoms with Gasteiger partial charge in [-0.2, -0.15) is 5.10 Å². The molecule has 1 aromatic heterocycles. The van der Waals surface area contributed by atoms with Crippen LogP contribution in [0.25, 0.3) is 11.4 Å². The SMILES string of the molecule is CCn1c(SCC(=O)NN=Cc2c(Cl)cccc2Cl)nnc1-c1ccc(Cl)cc1. The van der Waals surface area contributed by atoms with Gasteiger partial charge in [-0.1, -0.05) is 52.6 Å². The molecule has 2 aromatic carbocycles. The van der Waals surface area contributed by atoms with E-state index in [4.69, 9.17) is 34.8 Å². The van der Waals surface area contributed by atoms with E-state index in [1.165, 1.54) is 18.0 Å². The summed E-state index contributed by atoms with van der Waals surface area (Å²) in [5.74, 6) is 0.568. The predicted octanol–water partition coefficient (Wildman–Crippen LogP) is 5.17. The number of carbonyl (C=O) groups excluding carboxylic acids is 1. The molecule has 3 rings (SSSR count). The highest BCUT2D eigenvalue weighted by Crippen LogP contribution is 2.25. The first-order valence-electron chi connectivity index (χ1n) is 8.57. The molecule has 0 bridgehead atoms. The van der Waals surface area contributed by atoms with Crippen molar-refractivity contribution in [1.29, 1.82) is 0 Å². The second kappa shape index (κ2) is 10.1. The summed E-state index contributed by atoms with van der Waals surface area (Å²) in [6.07, 6.45) is 1.42. The molecule has 1 amide bonds. The van der Waals surface area contributed by atoms with Gasteiger partial charge in [-0.3, -0.25) is 4.79 Å². The van der Waals surface area contributed by atoms with Crippen LogP contribution in [0.5, 0.6) is 0 Å². The van der Waals surface area contributed by atoms with Crippen molar-refractivity contribution in [2.75, 3.05) is 5.75 Å². The Morgan fingerprint density at radius 1 is 1.14 bits per heavy atom. The maximum absolute atomic E-state index is 12.1. The maximum Gasteiger partial charge on any atom is 0.250 e. The van der Waals surface area contributed by atoms with Crippen molar-refractivity contribution in [2.45, 2.75) is 18.6 Å². The quantitative estimate of drug-likeness (QED) is 0.295. The van der Waals surface area contributed by atoms with Crippen molar-refractivity contribution >= 4 is 58.7 Å². The molecular formula is C19H16Cl3N5OS. The first-order valence-corrected chi connectivity index (χ1v) is 10.7. The summed E-state index contributed by atoms with van der Waals surface area (Å²) in [7, 11) is 0. The second-order valence-electron chi connectivity index (χ2n) is 5.77. The highest BCUT2D eigenvalue weighted by Gasteiger charge is 2.14. The number of hydrogen-bond donors (Lipinski definition) is 1. The number of carbonyl (C=O) groups is 1. The monoisotopic (exact) mass is 467 g/mol. The number of amides is 1. The number of benzene rings is 2. The molecule has 29 heavy (non-hydrogen) atoms. The highest BCUT2D eigenvalue weighted by atomic mass is 35.5. The Labute approximate surface area is 187 Å². The van der Waals surface area contributed by atoms with Gasteiger partial charge in [0, 0.05) is 22.7 Å². The first kappa shape index (κ1) is 21.6. The van der Waals surface area contributed by atoms with Crippen LogP contribution in [-0.4, -0.2) is 32.6 Å². The summed E-state index contributed by atoms with van der Waals surface area (Å²) in [5.41, 5.74) is 3.91. The lowest BCUT2D eigenvalue weighted by Gasteiger charge is -2.07. The van der Waals surface area contributed by atoms with Gasteiger partial charge in [0.25, 0.3) is 5.91 Å². The van der Waals surface area contributed by atoms with Crippen LogP contribution in [0.15, 0.2) is 52.7 Å². The van der Waals surface area contributed by atoms with E-state index in [1.54, 1.807) is 30.3 Å². The predicted molar refractivity (Wildman–Crippen MR) is 119 cm³/mol. The Hall–Kier alpha value is -2.06. The number of aromatic nitrogens is 3. The third kappa shape index (κ3) is 5.51. The minimum atomic E-state index is -0.284. The molecule has 0 radical (unpaired) electrons. The largest absolute Gasteiger partial charge is 0.302 e. The topological polar surface area (TPSA) is 72.2 Å². The van der Waals surface area contributed by atoms with Gasteiger partial charge in [-0.05, 0) is 43.3 Å². The lowest BCUT2D eigenvalue weighted by atomic mass is 10.2. The summed E-state index contributed by atoms with van der Waals surface area (Å²) >= 11 is 19.3. The van der Waals surface area contributed by atoms with Gasteiger partial charge < -0.3 is 4.57 Å². The molecule has 10 heteroatoms. The van der Waals surface area contributed by atoms with Gasteiger partial charge in [-0.15, -0.1) is 10.2 Å². The van der Waals surface area contributed by atoms with Crippen molar-refractivity contribution in [3.63, 3.8) is 0 Å². The van der Waals surface area contributed by atoms with Crippen LogP contribution < -0.4 is 5.43 Å². The molecule has 150 valence electrons. The second-order valence-corrected chi connectivity index (χ2v) is 7.97. The van der Waals surface area contributed by atoms with E-state index < -0.39 is 0 Å². The Bertz CT molecular complexity index is 1020. The van der Waals surface area contributed by atoms with E-state index in [0.717, 1.165) is 11.4 Å². The fourth-order valence-corrected chi connectivity index (χ4v) is 3.87. The van der Waals surface area contributed by atoms with Crippen molar-refractivity contribution in [3.05, 3.63) is 63.1 Å². The average molecular weight is 469 g/mol. The smallest absolute Gasteiger partial charge is 0.250 e. The van der Waals surface area contributed by atoms with Gasteiger partial charge in [0.15, 0.2) is 11.0 Å². The Morgan fingerprint density at radius 2 is 1.83 bits per heavy atom. The zero-order chi connectivity index (χ0) is 20.8. The summed E-state index contributed by atoms with van der Waals surface area (Å²) in [5, 5.41) is 14.6. The number of hydrogen-bond acceptors (Lipinski definition) is 5. The van der Waals surface area contributed by atoms with Crippen LogP contribution >= 0.6 is 46.6 Å². The fraction of sp³-hybridized carbons (Fsp3) is 0.158. The van der Waals surface area contributed by atoms with Gasteiger partial charge in [0.1, 0.15) is 0 Å². The van der Waals surface area contributed by atoms with Crippen LogP contribution in [0.1, 0.15) is 12.5 Å². The van der Waals surface area contributed by atoms with E-state index in [0.29, 0.717) is 32.3 Å². The molecular weight excluding hydrogens is 453 g/mol. The minimum Gasteiger partial charge on any atom is -0.302 e. The first-order chi connectivity index (χ1) is 14.0. The van der Waals surface area contributed by atoms with E-state index in [9.17, 15) is 4.79 Å². The molecule has 0 unspecified atom stereocenters. The van der Waals surface area contributed by atoms with Crippen LogP contribution in [0.4, 0.5) is 0 Å². The minimum absolute atomic E-state index is 0.131. The Morgan fingerprint density at radius 3 is 2.48 bits per heavy atom. The number of nitrogens with zero attached hydrogens (tertiary/aromatic N) is 4. The van der Waals surface area contributed by atoms with Gasteiger partial charge >= 0.3 is 0 Å². The number of rotatable bonds is 7. The molecule has 1 heterocycles. The molecule has 0 aliphatic rings. The molecule has 0 saturated heterocycles. The molecule has 1 N–H and O–H groups in total. The lowest BCUT2D eigenvalue weighted by molar-refractivity contribution is -0.118. The van der Waals surface area contributed by atoms with E-state index in [2.05, 4.69) is 20.7 Å². The summed E-state index contributed by atoms with van der Waals surface area (Å²) < 4.78 is 1.94. The molecule has 6 nitrogen and oxygen atoms in total. The summed E-state index contributed by atoms with van der Waals surface area (Å²) in [6.45, 7) is 2.66. The third-order valence-electron chi connectivity index (χ3n) is 3.85. The normalized spacial score (nSPS) is 11.2. The number of hydrazone groups is 1. The molecule has 0 saturated carbocycles. The van der Waals surface area contributed by atoms with E-state index >= 15 is 0 Å². The van der Waals surface area contributed by atoms with Crippen molar-refractivity contribution in [1.82, 2.24) is 20.2 Å². The lowest BCUT2D eigenvalue weighted by Crippen LogP contribution is -2.20. The Kier molecular flexibility index (Phi) is 7.55. The molecule has 3 aromatic rings. The van der Waals surface area contributed by atoms with Crippen LogP contribution in [-0.2, 0) is 11.3 Å². The van der Waals surface area contributed by atoms with Crippen molar-refractivity contribution in [3.8, 4) is 11.4 Å². The van der Waals surface area contributed by atoms with E-state index in [1.807, 2.05) is 23.6 Å². The fourth-order valence-electron chi connectivity index (χ4n) is 2.46. The third-order valence-corrected chi connectivity index (χ3v) is 5.73. The summed E-state index contributed by atoms with van der Waals surface area (Å²) in [6, 6.07) is 12.5. The van der Waals surface area contributed by atoms with Crippen molar-refractivity contribution < 1.29 is 4.79 Å². The molecule has 0 aliphatic carbocycles. The van der Waals surface area contributed by atoms with Crippen LogP contribution in [0.3, 0.4) is 0 Å². The standard InChI is InChI=1S/C19H16Cl3N5OS/c1-2-27-18(12-6-8-13(20)9-7-12)25-26-19(27)29-11-17(28)24-23-10-14-15(21)4-3-5-16(14)22/h3-10H,2,11H2,1H3,(H,24,28). The van der Waals surface area contributed by atoms with Crippen molar-refractivity contribution in [2.24, 2.45) is 5.10 Å². The molecule has 0 spiro atoms. The molecule has 0 fully saturated rings. The Balaban J connectivity index is 1.62. The van der Waals surface area contributed by atoms with Gasteiger partial charge in [0.05, 0.1) is 22.0 Å². The van der Waals surface area contributed by atoms with Gasteiger partial charge in [-0.25, -0.2) is 5.43 Å². The molecule has 0 aliphatic heterocycles. The zero-order valence-electron chi connectivity index (χ0n) is 15.3. The van der Waals surface area contributed by atoms with Gasteiger partial charge in [0.2, 0.25) is 0 Å². The number of halogens is 3. The number of thioether (sulfide) groups is 1. The maximum atomic E-state index is 12.1. The highest BCUT2D eigenvalue weighted by molar-refractivity contribution is 7.99. The van der Waals surface area contributed by atoms with Crippen LogP contribution in [0.2, 0.25) is 15.1 Å². The molecule has 0 atom stereocenters. The van der Waals surface area contributed by atoms with Crippen LogP contribution in [0, 0.1) is 0 Å². The number of nitrogens with one attached hydrogen (secondary N) is 1. The van der Waals surface area contributed by atoms with E-state index in [-0.39, 0.29) is 11.7 Å².